The second kappa shape index (κ2) is 6.86. The number of esters is 1. The van der Waals surface area contributed by atoms with Crippen molar-refractivity contribution in [3.05, 3.63) is 35.4 Å². The van der Waals surface area contributed by atoms with Gasteiger partial charge in [-0.05, 0) is 24.5 Å². The Balaban J connectivity index is 2.08. The molecule has 2 rings (SSSR count). The van der Waals surface area contributed by atoms with Gasteiger partial charge in [-0.1, -0.05) is 37.5 Å². The van der Waals surface area contributed by atoms with Gasteiger partial charge in [-0.2, -0.15) is 0 Å². The Morgan fingerprint density at radius 1 is 1.30 bits per heavy atom. The summed E-state index contributed by atoms with van der Waals surface area (Å²) in [6.07, 6.45) is 5.51. The maximum atomic E-state index is 11.7. The highest BCUT2D eigenvalue weighted by Crippen LogP contribution is 2.28. The lowest BCUT2D eigenvalue weighted by molar-refractivity contribution is 0.0598. The highest BCUT2D eigenvalue weighted by atomic mass is 16.5. The van der Waals surface area contributed by atoms with Gasteiger partial charge in [0.25, 0.3) is 0 Å². The maximum absolute atomic E-state index is 11.7. The van der Waals surface area contributed by atoms with Gasteiger partial charge < -0.3 is 15.2 Å². The van der Waals surface area contributed by atoms with Gasteiger partial charge in [-0.3, -0.25) is 0 Å². The number of aliphatic hydroxyl groups excluding tert-OH is 1. The first-order chi connectivity index (χ1) is 9.71. The summed E-state index contributed by atoms with van der Waals surface area (Å²) in [5.41, 5.74) is 1.31. The van der Waals surface area contributed by atoms with Crippen LogP contribution >= 0.6 is 0 Å². The van der Waals surface area contributed by atoms with Gasteiger partial charge in [0, 0.05) is 12.1 Å². The highest BCUT2D eigenvalue weighted by Gasteiger charge is 2.30. The van der Waals surface area contributed by atoms with Crippen molar-refractivity contribution in [3.63, 3.8) is 0 Å². The molecule has 0 atom stereocenters. The minimum absolute atomic E-state index is 0.146. The van der Waals surface area contributed by atoms with Crippen molar-refractivity contribution in [2.75, 3.05) is 13.7 Å². The number of carbonyl (C=O) groups excluding carboxylic acids is 1. The molecule has 0 bridgehead atoms. The van der Waals surface area contributed by atoms with E-state index in [1.165, 1.54) is 13.5 Å². The van der Waals surface area contributed by atoms with Crippen molar-refractivity contribution in [1.82, 2.24) is 5.32 Å². The summed E-state index contributed by atoms with van der Waals surface area (Å²) in [4.78, 5) is 11.7. The van der Waals surface area contributed by atoms with E-state index in [-0.39, 0.29) is 18.1 Å². The van der Waals surface area contributed by atoms with E-state index in [1.807, 2.05) is 18.2 Å². The monoisotopic (exact) mass is 277 g/mol. The smallest absolute Gasteiger partial charge is 0.338 e. The van der Waals surface area contributed by atoms with Gasteiger partial charge in [0.1, 0.15) is 0 Å². The van der Waals surface area contributed by atoms with E-state index < -0.39 is 0 Å². The molecular weight excluding hydrogens is 254 g/mol. The van der Waals surface area contributed by atoms with Crippen LogP contribution in [0.25, 0.3) is 0 Å². The Bertz CT molecular complexity index is 453. The van der Waals surface area contributed by atoms with E-state index in [2.05, 4.69) is 5.32 Å². The molecule has 0 radical (unpaired) electrons. The molecule has 1 aliphatic rings. The Labute approximate surface area is 120 Å². The van der Waals surface area contributed by atoms with Crippen LogP contribution in [-0.2, 0) is 11.3 Å². The molecule has 1 fully saturated rings. The third-order valence-electron chi connectivity index (χ3n) is 4.19. The molecule has 0 spiro atoms. The molecule has 0 heterocycles. The van der Waals surface area contributed by atoms with E-state index in [1.54, 1.807) is 6.07 Å². The zero-order valence-corrected chi connectivity index (χ0v) is 12.0. The van der Waals surface area contributed by atoms with Gasteiger partial charge >= 0.3 is 5.97 Å². The van der Waals surface area contributed by atoms with Gasteiger partial charge in [-0.25, -0.2) is 4.79 Å². The number of methoxy groups -OCH3 is 1. The fourth-order valence-electron chi connectivity index (χ4n) is 2.89. The average Bonchev–Trinajstić information content (AvgIpc) is 2.53. The fourth-order valence-corrected chi connectivity index (χ4v) is 2.89. The van der Waals surface area contributed by atoms with Gasteiger partial charge in [0.15, 0.2) is 0 Å². The third-order valence-corrected chi connectivity index (χ3v) is 4.19. The lowest BCUT2D eigenvalue weighted by Crippen LogP contribution is -2.49. The second-order valence-electron chi connectivity index (χ2n) is 5.50. The Morgan fingerprint density at radius 3 is 2.65 bits per heavy atom. The quantitative estimate of drug-likeness (QED) is 0.811. The van der Waals surface area contributed by atoms with Crippen molar-refractivity contribution in [3.8, 4) is 0 Å². The van der Waals surface area contributed by atoms with Gasteiger partial charge in [-0.15, -0.1) is 0 Å². The van der Waals surface area contributed by atoms with Crippen LogP contribution in [0, 0.1) is 0 Å². The number of hydrogen-bond donors (Lipinski definition) is 2. The first-order valence-electron chi connectivity index (χ1n) is 7.23. The summed E-state index contributed by atoms with van der Waals surface area (Å²) < 4.78 is 4.80. The van der Waals surface area contributed by atoms with Crippen LogP contribution in [-0.4, -0.2) is 30.3 Å². The second-order valence-corrected chi connectivity index (χ2v) is 5.50. The minimum atomic E-state index is -0.316. The Hall–Kier alpha value is -1.39. The zero-order valence-electron chi connectivity index (χ0n) is 12.0. The fraction of sp³-hybridized carbons (Fsp3) is 0.562. The van der Waals surface area contributed by atoms with Crippen LogP contribution in [0.2, 0.25) is 0 Å². The highest BCUT2D eigenvalue weighted by molar-refractivity contribution is 5.90. The molecule has 1 aromatic rings. The molecule has 110 valence electrons. The molecule has 2 N–H and O–H groups in total. The van der Waals surface area contributed by atoms with E-state index in [0.29, 0.717) is 12.1 Å². The van der Waals surface area contributed by atoms with Crippen LogP contribution in [0.15, 0.2) is 24.3 Å². The maximum Gasteiger partial charge on any atom is 0.338 e. The topological polar surface area (TPSA) is 58.6 Å². The molecule has 1 saturated carbocycles. The molecular formula is C16H23NO3. The predicted octanol–water partition coefficient (Wildman–Crippen LogP) is 2.26. The average molecular weight is 277 g/mol. The molecule has 1 aliphatic carbocycles. The lowest BCUT2D eigenvalue weighted by Gasteiger charge is -2.37. The Morgan fingerprint density at radius 2 is 2.00 bits per heavy atom. The molecule has 4 heteroatoms. The van der Waals surface area contributed by atoms with Gasteiger partial charge in [0.2, 0.25) is 0 Å². The zero-order chi connectivity index (χ0) is 14.4. The molecule has 0 aliphatic heterocycles. The van der Waals surface area contributed by atoms with Crippen LogP contribution in [0.3, 0.4) is 0 Å². The van der Waals surface area contributed by atoms with Crippen molar-refractivity contribution in [1.29, 1.82) is 0 Å². The molecule has 20 heavy (non-hydrogen) atoms. The number of rotatable bonds is 5. The Kier molecular flexibility index (Phi) is 5.15. The van der Waals surface area contributed by atoms with E-state index in [9.17, 15) is 9.90 Å². The van der Waals surface area contributed by atoms with Crippen molar-refractivity contribution >= 4 is 5.97 Å². The van der Waals surface area contributed by atoms with Crippen LogP contribution in [0.4, 0.5) is 0 Å². The number of aliphatic hydroxyl groups is 1. The number of ether oxygens (including phenoxy) is 1. The summed E-state index contributed by atoms with van der Waals surface area (Å²) in [5, 5.41) is 13.2. The largest absolute Gasteiger partial charge is 0.465 e. The summed E-state index contributed by atoms with van der Waals surface area (Å²) in [7, 11) is 1.39. The first kappa shape index (κ1) is 15.0. The summed E-state index contributed by atoms with van der Waals surface area (Å²) >= 11 is 0. The number of carbonyl (C=O) groups is 1. The third kappa shape index (κ3) is 3.38. The standard InChI is InChI=1S/C16H23NO3/c1-20-15(19)14-8-4-3-7-13(14)11-17-16(12-18)9-5-2-6-10-16/h3-4,7-8,17-18H,2,5-6,9-12H2,1H3. The number of benzene rings is 1. The van der Waals surface area contributed by atoms with Crippen molar-refractivity contribution in [2.24, 2.45) is 0 Å². The summed E-state index contributed by atoms with van der Waals surface area (Å²) in [6, 6.07) is 7.44. The van der Waals surface area contributed by atoms with Crippen molar-refractivity contribution in [2.45, 2.75) is 44.2 Å². The van der Waals surface area contributed by atoms with Crippen molar-refractivity contribution < 1.29 is 14.6 Å². The molecule has 4 nitrogen and oxygen atoms in total. The summed E-state index contributed by atoms with van der Waals surface area (Å²) in [6.45, 7) is 0.721. The van der Waals surface area contributed by atoms with Crippen LogP contribution in [0.1, 0.15) is 48.0 Å². The minimum Gasteiger partial charge on any atom is -0.465 e. The summed E-state index contributed by atoms with van der Waals surface area (Å²) in [5.74, 6) is -0.316. The van der Waals surface area contributed by atoms with Crippen LogP contribution < -0.4 is 5.32 Å². The number of nitrogens with one attached hydrogen (secondary N) is 1. The normalized spacial score (nSPS) is 17.7. The first-order valence-corrected chi connectivity index (χ1v) is 7.23. The molecule has 0 saturated heterocycles. The predicted molar refractivity (Wildman–Crippen MR) is 77.5 cm³/mol. The molecule has 0 amide bonds. The molecule has 0 aromatic heterocycles. The van der Waals surface area contributed by atoms with E-state index in [0.717, 1.165) is 31.2 Å². The SMILES string of the molecule is COC(=O)c1ccccc1CNC1(CO)CCCCC1. The molecule has 1 aromatic carbocycles. The number of hydrogen-bond acceptors (Lipinski definition) is 4. The van der Waals surface area contributed by atoms with E-state index in [4.69, 9.17) is 4.74 Å². The van der Waals surface area contributed by atoms with E-state index >= 15 is 0 Å². The van der Waals surface area contributed by atoms with Crippen LogP contribution in [0.5, 0.6) is 0 Å². The lowest BCUT2D eigenvalue weighted by atomic mass is 9.82. The van der Waals surface area contributed by atoms with Gasteiger partial charge in [0.05, 0.1) is 19.3 Å². The molecule has 0 unspecified atom stereocenters.